The van der Waals surface area contributed by atoms with Gasteiger partial charge in [-0.15, -0.1) is 0 Å². The van der Waals surface area contributed by atoms with Crippen LogP contribution >= 0.6 is 0 Å². The first-order valence-electron chi connectivity index (χ1n) is 10.2. The summed E-state index contributed by atoms with van der Waals surface area (Å²) in [7, 11) is -3.96. The van der Waals surface area contributed by atoms with Gasteiger partial charge in [0, 0.05) is 6.54 Å². The molecular formula is C20H30N2O6S. The Bertz CT molecular complexity index is 792. The van der Waals surface area contributed by atoms with E-state index in [-0.39, 0.29) is 17.5 Å². The lowest BCUT2D eigenvalue weighted by Crippen LogP contribution is -2.60. The Morgan fingerprint density at radius 2 is 1.86 bits per heavy atom. The zero-order chi connectivity index (χ0) is 21.0. The molecule has 0 unspecified atom stereocenters. The van der Waals surface area contributed by atoms with Crippen molar-refractivity contribution in [3.8, 4) is 5.75 Å². The number of nitrogens with zero attached hydrogens (tertiary/aromatic N) is 1. The fourth-order valence-electron chi connectivity index (χ4n) is 4.15. The van der Waals surface area contributed by atoms with Crippen molar-refractivity contribution < 1.29 is 27.9 Å². The molecule has 0 radical (unpaired) electrons. The van der Waals surface area contributed by atoms with Crippen LogP contribution in [0.15, 0.2) is 29.2 Å². The first kappa shape index (κ1) is 22.0. The Labute approximate surface area is 172 Å². The molecule has 1 amide bonds. The van der Waals surface area contributed by atoms with Gasteiger partial charge in [0.05, 0.1) is 23.7 Å². The molecule has 3 rings (SSSR count). The molecule has 9 heteroatoms. The van der Waals surface area contributed by atoms with Crippen LogP contribution in [0.2, 0.25) is 0 Å². The maximum Gasteiger partial charge on any atom is 0.264 e. The van der Waals surface area contributed by atoms with Crippen LogP contribution in [-0.2, 0) is 19.6 Å². The Morgan fingerprint density at radius 1 is 1.21 bits per heavy atom. The number of nitrogens with one attached hydrogen (secondary N) is 1. The summed E-state index contributed by atoms with van der Waals surface area (Å²) in [4.78, 5) is 12.2. The second kappa shape index (κ2) is 9.42. The maximum atomic E-state index is 13.2. The fraction of sp³-hybridized carbons (Fsp3) is 0.650. The minimum absolute atomic E-state index is 0.0185. The summed E-state index contributed by atoms with van der Waals surface area (Å²) >= 11 is 0. The number of rotatable bonds is 6. The lowest BCUT2D eigenvalue weighted by molar-refractivity contribution is -0.146. The largest absolute Gasteiger partial charge is 0.493 e. The average Bonchev–Trinajstić information content (AvgIpc) is 2.72. The number of benzene rings is 1. The molecule has 1 aromatic carbocycles. The van der Waals surface area contributed by atoms with Crippen LogP contribution in [0.5, 0.6) is 5.75 Å². The molecular weight excluding hydrogens is 396 g/mol. The normalized spacial score (nSPS) is 26.8. The molecule has 2 fully saturated rings. The minimum atomic E-state index is -3.96. The quantitative estimate of drug-likeness (QED) is 0.534. The van der Waals surface area contributed by atoms with Gasteiger partial charge in [-0.1, -0.05) is 19.3 Å². The second-order valence-electron chi connectivity index (χ2n) is 7.93. The SMILES string of the molecule is C[C@@H]1O[C@@H](C)CN(S(=O)(=O)c2ccc(OCC3CCCCC3)cc2)[C@H]1C(=O)NO. The molecule has 0 aromatic heterocycles. The molecule has 1 heterocycles. The highest BCUT2D eigenvalue weighted by atomic mass is 32.2. The number of hydrogen-bond donors (Lipinski definition) is 2. The van der Waals surface area contributed by atoms with Gasteiger partial charge in [-0.25, -0.2) is 13.9 Å². The van der Waals surface area contributed by atoms with Gasteiger partial charge in [0.1, 0.15) is 11.8 Å². The number of sulfonamides is 1. The molecule has 1 saturated carbocycles. The summed E-state index contributed by atoms with van der Waals surface area (Å²) in [5.41, 5.74) is 1.55. The number of morpholine rings is 1. The van der Waals surface area contributed by atoms with Crippen LogP contribution in [0.25, 0.3) is 0 Å². The van der Waals surface area contributed by atoms with Crippen LogP contribution in [0, 0.1) is 5.92 Å². The van der Waals surface area contributed by atoms with Gasteiger partial charge in [-0.3, -0.25) is 10.0 Å². The van der Waals surface area contributed by atoms with Gasteiger partial charge in [-0.2, -0.15) is 4.31 Å². The van der Waals surface area contributed by atoms with Crippen molar-refractivity contribution in [3.63, 3.8) is 0 Å². The highest BCUT2D eigenvalue weighted by Crippen LogP contribution is 2.28. The van der Waals surface area contributed by atoms with Gasteiger partial charge in [0.15, 0.2) is 0 Å². The second-order valence-corrected chi connectivity index (χ2v) is 9.82. The topological polar surface area (TPSA) is 105 Å². The number of hydroxylamine groups is 1. The van der Waals surface area contributed by atoms with E-state index in [1.807, 2.05) is 0 Å². The van der Waals surface area contributed by atoms with E-state index in [0.29, 0.717) is 18.3 Å². The van der Waals surface area contributed by atoms with E-state index in [2.05, 4.69) is 0 Å². The third-order valence-corrected chi connectivity index (χ3v) is 7.52. The van der Waals surface area contributed by atoms with E-state index in [1.54, 1.807) is 31.5 Å². The summed E-state index contributed by atoms with van der Waals surface area (Å²) in [6.07, 6.45) is 5.05. The number of carbonyl (C=O) groups excluding carboxylic acids is 1. The van der Waals surface area contributed by atoms with Gasteiger partial charge >= 0.3 is 0 Å². The summed E-state index contributed by atoms with van der Waals surface area (Å²) in [5.74, 6) is 0.365. The smallest absolute Gasteiger partial charge is 0.264 e. The molecule has 29 heavy (non-hydrogen) atoms. The Kier molecular flexibility index (Phi) is 7.15. The molecule has 2 aliphatic rings. The molecule has 8 nitrogen and oxygen atoms in total. The van der Waals surface area contributed by atoms with E-state index in [0.717, 1.165) is 4.31 Å². The molecule has 1 aliphatic carbocycles. The van der Waals surface area contributed by atoms with Crippen molar-refractivity contribution in [1.29, 1.82) is 0 Å². The van der Waals surface area contributed by atoms with Crippen molar-refractivity contribution in [2.24, 2.45) is 5.92 Å². The van der Waals surface area contributed by atoms with Gasteiger partial charge in [0.25, 0.3) is 5.91 Å². The summed E-state index contributed by atoms with van der Waals surface area (Å²) in [6, 6.07) is 5.12. The van der Waals surface area contributed by atoms with E-state index in [1.165, 1.54) is 44.2 Å². The van der Waals surface area contributed by atoms with Crippen LogP contribution in [0.1, 0.15) is 46.0 Å². The van der Waals surface area contributed by atoms with Crippen molar-refractivity contribution in [2.75, 3.05) is 13.2 Å². The Hall–Kier alpha value is -1.68. The monoisotopic (exact) mass is 426 g/mol. The van der Waals surface area contributed by atoms with Gasteiger partial charge < -0.3 is 9.47 Å². The van der Waals surface area contributed by atoms with E-state index < -0.39 is 28.1 Å². The number of amides is 1. The van der Waals surface area contributed by atoms with Gasteiger partial charge in [0.2, 0.25) is 10.0 Å². The zero-order valence-corrected chi connectivity index (χ0v) is 17.7. The van der Waals surface area contributed by atoms with Crippen molar-refractivity contribution in [1.82, 2.24) is 9.79 Å². The van der Waals surface area contributed by atoms with Crippen LogP contribution < -0.4 is 10.2 Å². The molecule has 2 N–H and O–H groups in total. The first-order valence-corrected chi connectivity index (χ1v) is 11.6. The summed E-state index contributed by atoms with van der Waals surface area (Å²) < 4.78 is 38.9. The van der Waals surface area contributed by atoms with Crippen molar-refractivity contribution in [2.45, 2.75) is 69.1 Å². The van der Waals surface area contributed by atoms with Crippen molar-refractivity contribution >= 4 is 15.9 Å². The van der Waals surface area contributed by atoms with Crippen molar-refractivity contribution in [3.05, 3.63) is 24.3 Å². The number of ether oxygens (including phenoxy) is 2. The fourth-order valence-corrected chi connectivity index (χ4v) is 5.88. The lowest BCUT2D eigenvalue weighted by atomic mass is 9.90. The predicted molar refractivity (Wildman–Crippen MR) is 106 cm³/mol. The van der Waals surface area contributed by atoms with E-state index in [9.17, 15) is 13.2 Å². The third kappa shape index (κ3) is 5.09. The first-order chi connectivity index (χ1) is 13.8. The number of hydrogen-bond acceptors (Lipinski definition) is 6. The Balaban J connectivity index is 1.74. The molecule has 1 aromatic rings. The maximum absolute atomic E-state index is 13.2. The zero-order valence-electron chi connectivity index (χ0n) is 16.9. The third-order valence-electron chi connectivity index (χ3n) is 5.66. The number of carbonyl (C=O) groups is 1. The molecule has 1 aliphatic heterocycles. The van der Waals surface area contributed by atoms with Crippen LogP contribution in [-0.4, -0.2) is 55.2 Å². The standard InChI is InChI=1S/C20H30N2O6S/c1-14-12-22(19(15(2)28-14)20(23)21-24)29(25,26)18-10-8-17(9-11-18)27-13-16-6-4-3-5-7-16/h8-11,14-16,19,24H,3-7,12-13H2,1-2H3,(H,21,23)/t14-,15-,19+/m0/s1. The molecule has 3 atom stereocenters. The minimum Gasteiger partial charge on any atom is -0.493 e. The predicted octanol–water partition coefficient (Wildman–Crippen LogP) is 2.32. The summed E-state index contributed by atoms with van der Waals surface area (Å²) in [5, 5.41) is 9.03. The highest BCUT2D eigenvalue weighted by molar-refractivity contribution is 7.89. The van der Waals surface area contributed by atoms with E-state index in [4.69, 9.17) is 14.7 Å². The molecule has 0 spiro atoms. The van der Waals surface area contributed by atoms with Crippen LogP contribution in [0.4, 0.5) is 0 Å². The Morgan fingerprint density at radius 3 is 2.48 bits per heavy atom. The summed E-state index contributed by atoms with van der Waals surface area (Å²) in [6.45, 7) is 4.02. The molecule has 1 saturated heterocycles. The molecule has 162 valence electrons. The van der Waals surface area contributed by atoms with Crippen LogP contribution in [0.3, 0.4) is 0 Å². The highest BCUT2D eigenvalue weighted by Gasteiger charge is 2.44. The van der Waals surface area contributed by atoms with Gasteiger partial charge in [-0.05, 0) is 56.9 Å². The molecule has 0 bridgehead atoms. The lowest BCUT2D eigenvalue weighted by Gasteiger charge is -2.40. The average molecular weight is 427 g/mol. The van der Waals surface area contributed by atoms with E-state index >= 15 is 0 Å².